The van der Waals surface area contributed by atoms with Crippen LogP contribution >= 0.6 is 0 Å². The van der Waals surface area contributed by atoms with Crippen LogP contribution in [0.5, 0.6) is 0 Å². The third-order valence-electron chi connectivity index (χ3n) is 15.9. The van der Waals surface area contributed by atoms with Gasteiger partial charge in [0, 0.05) is 12.8 Å². The van der Waals surface area contributed by atoms with Crippen molar-refractivity contribution in [3.8, 4) is 0 Å². The van der Waals surface area contributed by atoms with Gasteiger partial charge in [-0.1, -0.05) is 333 Å². The average Bonchev–Trinajstić information content (AvgIpc) is 3.42. The van der Waals surface area contributed by atoms with Gasteiger partial charge in [0.1, 0.15) is 0 Å². The lowest BCUT2D eigenvalue weighted by molar-refractivity contribution is -0.143. The average molecular weight is 1070 g/mol. The summed E-state index contributed by atoms with van der Waals surface area (Å²) in [6, 6.07) is -0.633. The standard InChI is InChI=1S/C70H133NO5/c1-3-5-7-9-11-13-15-17-19-21-22-23-24-25-26-27-28-31-34-38-42-46-50-54-58-62-68(73)67(66-72)71-69(74)63-59-55-51-47-43-39-35-32-29-30-33-37-41-45-49-53-57-61-65-76-70(75)64-60-56-52-48-44-40-36-20-18-16-14-12-10-8-6-4-2/h14,16,20,36,58,62,67-68,72-73H,3-13,15,17-19,21-35,37-57,59-61,63-66H2,1-2H3,(H,71,74)/b16-14-,36-20-,62-58+. The molecule has 76 heavy (non-hydrogen) atoms. The van der Waals surface area contributed by atoms with Gasteiger partial charge in [-0.15, -0.1) is 0 Å². The SMILES string of the molecule is CCCCCC/C=C\C/C=C\CCCCCCCC(=O)OCCCCCCCCCCCCCCCCCCCCC(=O)NC(CO)C(O)/C=C/CCCCCCCCCCCCCCCCCCCCCCCCC. The van der Waals surface area contributed by atoms with Crippen molar-refractivity contribution in [2.45, 2.75) is 386 Å². The summed E-state index contributed by atoms with van der Waals surface area (Å²) >= 11 is 0. The summed E-state index contributed by atoms with van der Waals surface area (Å²) in [5, 5.41) is 23.3. The minimum Gasteiger partial charge on any atom is -0.466 e. The first-order valence-electron chi connectivity index (χ1n) is 34.3. The van der Waals surface area contributed by atoms with E-state index in [-0.39, 0.29) is 18.5 Å². The van der Waals surface area contributed by atoms with Crippen molar-refractivity contribution in [2.75, 3.05) is 13.2 Å². The van der Waals surface area contributed by atoms with Gasteiger partial charge in [0.2, 0.25) is 5.91 Å². The van der Waals surface area contributed by atoms with Crippen LogP contribution in [0.15, 0.2) is 36.5 Å². The predicted molar refractivity (Wildman–Crippen MR) is 333 cm³/mol. The fraction of sp³-hybridized carbons (Fsp3) is 0.886. The Labute approximate surface area is 474 Å². The first kappa shape index (κ1) is 74.1. The van der Waals surface area contributed by atoms with E-state index in [0.717, 1.165) is 51.4 Å². The molecule has 2 atom stereocenters. The van der Waals surface area contributed by atoms with Crippen LogP contribution in [0.3, 0.4) is 0 Å². The molecular formula is C70H133NO5. The lowest BCUT2D eigenvalue weighted by atomic mass is 10.0. The van der Waals surface area contributed by atoms with E-state index in [1.807, 2.05) is 6.08 Å². The van der Waals surface area contributed by atoms with Crippen molar-refractivity contribution in [2.24, 2.45) is 0 Å². The molecule has 3 N–H and O–H groups in total. The minimum absolute atomic E-state index is 0.00628. The van der Waals surface area contributed by atoms with E-state index < -0.39 is 12.1 Å². The van der Waals surface area contributed by atoms with Crippen LogP contribution in [0.2, 0.25) is 0 Å². The van der Waals surface area contributed by atoms with Crippen LogP contribution < -0.4 is 5.32 Å². The fourth-order valence-corrected chi connectivity index (χ4v) is 10.7. The molecule has 0 aliphatic rings. The number of hydrogen-bond acceptors (Lipinski definition) is 5. The van der Waals surface area contributed by atoms with E-state index in [0.29, 0.717) is 19.4 Å². The van der Waals surface area contributed by atoms with Gasteiger partial charge in [0.25, 0.3) is 0 Å². The number of carbonyl (C=O) groups excluding carboxylic acids is 2. The van der Waals surface area contributed by atoms with Crippen molar-refractivity contribution >= 4 is 11.9 Å². The maximum Gasteiger partial charge on any atom is 0.305 e. The van der Waals surface area contributed by atoms with Gasteiger partial charge in [-0.25, -0.2) is 0 Å². The Morgan fingerprint density at radius 3 is 1.01 bits per heavy atom. The Morgan fingerprint density at radius 1 is 0.368 bits per heavy atom. The predicted octanol–water partition coefficient (Wildman–Crippen LogP) is 21.9. The molecule has 0 aromatic carbocycles. The van der Waals surface area contributed by atoms with E-state index in [1.165, 1.54) is 295 Å². The molecule has 6 nitrogen and oxygen atoms in total. The second-order valence-corrected chi connectivity index (χ2v) is 23.5. The van der Waals surface area contributed by atoms with Crippen molar-refractivity contribution < 1.29 is 24.5 Å². The zero-order chi connectivity index (χ0) is 55.0. The largest absolute Gasteiger partial charge is 0.466 e. The highest BCUT2D eigenvalue weighted by Gasteiger charge is 2.18. The van der Waals surface area contributed by atoms with Gasteiger partial charge in [-0.05, 0) is 64.2 Å². The number of rotatable bonds is 64. The molecule has 0 bridgehead atoms. The molecular weight excluding hydrogens is 935 g/mol. The molecule has 1 amide bonds. The monoisotopic (exact) mass is 1070 g/mol. The summed E-state index contributed by atoms with van der Waals surface area (Å²) in [5.74, 6) is -0.0749. The normalized spacial score (nSPS) is 12.7. The summed E-state index contributed by atoms with van der Waals surface area (Å²) in [7, 11) is 0. The zero-order valence-corrected chi connectivity index (χ0v) is 51.3. The topological polar surface area (TPSA) is 95.9 Å². The molecule has 448 valence electrons. The number of nitrogens with one attached hydrogen (secondary N) is 1. The summed E-state index contributed by atoms with van der Waals surface area (Å²) in [4.78, 5) is 24.6. The molecule has 0 saturated heterocycles. The molecule has 6 heteroatoms. The maximum absolute atomic E-state index is 12.5. The lowest BCUT2D eigenvalue weighted by Gasteiger charge is -2.20. The maximum atomic E-state index is 12.5. The molecule has 0 rings (SSSR count). The van der Waals surface area contributed by atoms with Crippen molar-refractivity contribution in [1.82, 2.24) is 5.32 Å². The van der Waals surface area contributed by atoms with Crippen molar-refractivity contribution in [1.29, 1.82) is 0 Å². The van der Waals surface area contributed by atoms with Crippen LogP contribution in [0.4, 0.5) is 0 Å². The van der Waals surface area contributed by atoms with Gasteiger partial charge >= 0.3 is 5.97 Å². The van der Waals surface area contributed by atoms with Gasteiger partial charge in [0.05, 0.1) is 25.4 Å². The molecule has 0 aromatic rings. The zero-order valence-electron chi connectivity index (χ0n) is 51.3. The Hall–Kier alpha value is -1.92. The summed E-state index contributed by atoms with van der Waals surface area (Å²) in [6.45, 7) is 4.90. The number of unbranched alkanes of at least 4 members (excludes halogenated alkanes) is 49. The van der Waals surface area contributed by atoms with E-state index in [2.05, 4.69) is 43.5 Å². The third kappa shape index (κ3) is 61.3. The van der Waals surface area contributed by atoms with Gasteiger partial charge in [-0.3, -0.25) is 9.59 Å². The van der Waals surface area contributed by atoms with Gasteiger partial charge in [-0.2, -0.15) is 0 Å². The highest BCUT2D eigenvalue weighted by Crippen LogP contribution is 2.18. The Morgan fingerprint density at radius 2 is 0.658 bits per heavy atom. The molecule has 0 heterocycles. The van der Waals surface area contributed by atoms with Crippen molar-refractivity contribution in [3.05, 3.63) is 36.5 Å². The number of allylic oxidation sites excluding steroid dienone is 5. The minimum atomic E-state index is -0.850. The van der Waals surface area contributed by atoms with E-state index >= 15 is 0 Å². The van der Waals surface area contributed by atoms with Crippen molar-refractivity contribution in [3.63, 3.8) is 0 Å². The fourth-order valence-electron chi connectivity index (χ4n) is 10.7. The van der Waals surface area contributed by atoms with E-state index in [4.69, 9.17) is 4.74 Å². The summed E-state index contributed by atoms with van der Waals surface area (Å²) in [6.07, 6.45) is 83.4. The Kier molecular flexibility index (Phi) is 63.9. The molecule has 0 fully saturated rings. The highest BCUT2D eigenvalue weighted by atomic mass is 16.5. The number of aliphatic hydroxyl groups excluding tert-OH is 2. The number of ether oxygens (including phenoxy) is 1. The van der Waals surface area contributed by atoms with Crippen LogP contribution in [0.25, 0.3) is 0 Å². The first-order valence-corrected chi connectivity index (χ1v) is 34.3. The number of aliphatic hydroxyl groups is 2. The highest BCUT2D eigenvalue weighted by molar-refractivity contribution is 5.76. The lowest BCUT2D eigenvalue weighted by Crippen LogP contribution is -2.45. The van der Waals surface area contributed by atoms with E-state index in [1.54, 1.807) is 6.08 Å². The number of esters is 1. The number of hydrogen-bond donors (Lipinski definition) is 3. The molecule has 0 radical (unpaired) electrons. The third-order valence-corrected chi connectivity index (χ3v) is 15.9. The van der Waals surface area contributed by atoms with Crippen LogP contribution in [-0.4, -0.2) is 47.4 Å². The molecule has 0 aromatic heterocycles. The van der Waals surface area contributed by atoms with Gasteiger partial charge < -0.3 is 20.3 Å². The van der Waals surface area contributed by atoms with Crippen LogP contribution in [-0.2, 0) is 14.3 Å². The second kappa shape index (κ2) is 65.6. The van der Waals surface area contributed by atoms with Crippen LogP contribution in [0, 0.1) is 0 Å². The molecule has 0 aliphatic carbocycles. The number of carbonyl (C=O) groups is 2. The summed E-state index contributed by atoms with van der Waals surface area (Å²) in [5.41, 5.74) is 0. The van der Waals surface area contributed by atoms with Crippen LogP contribution in [0.1, 0.15) is 373 Å². The molecule has 0 saturated carbocycles. The Bertz CT molecular complexity index is 1230. The molecule has 2 unspecified atom stereocenters. The second-order valence-electron chi connectivity index (χ2n) is 23.5. The first-order chi connectivity index (χ1) is 37.5. The summed E-state index contributed by atoms with van der Waals surface area (Å²) < 4.78 is 5.48. The smallest absolute Gasteiger partial charge is 0.305 e. The van der Waals surface area contributed by atoms with E-state index in [9.17, 15) is 19.8 Å². The molecule has 0 aliphatic heterocycles. The van der Waals surface area contributed by atoms with Gasteiger partial charge in [0.15, 0.2) is 0 Å². The molecule has 0 spiro atoms. The Balaban J connectivity index is 3.44. The quantitative estimate of drug-likeness (QED) is 0.0320. The number of amides is 1.